The van der Waals surface area contributed by atoms with Gasteiger partial charge in [0.2, 0.25) is 0 Å². The van der Waals surface area contributed by atoms with Crippen molar-refractivity contribution in [2.75, 3.05) is 20.3 Å². The zero-order valence-corrected chi connectivity index (χ0v) is 13.0. The molecule has 0 unspecified atom stereocenters. The zero-order valence-electron chi connectivity index (χ0n) is 13.0. The Morgan fingerprint density at radius 2 is 1.96 bits per heavy atom. The van der Waals surface area contributed by atoms with Gasteiger partial charge in [0.05, 0.1) is 25.8 Å². The largest absolute Gasteiger partial charge is 0.394 e. The molecule has 1 heterocycles. The van der Waals surface area contributed by atoms with Gasteiger partial charge < -0.3 is 20.1 Å². The van der Waals surface area contributed by atoms with Crippen LogP contribution in [0, 0.1) is 0 Å². The first-order valence-electron chi connectivity index (χ1n) is 7.33. The summed E-state index contributed by atoms with van der Waals surface area (Å²) in [5, 5.41) is 24.1. The summed E-state index contributed by atoms with van der Waals surface area (Å²) in [4.78, 5) is 13.9. The average molecular weight is 319 g/mol. The van der Waals surface area contributed by atoms with Gasteiger partial charge in [-0.1, -0.05) is 35.5 Å². The number of nitrogens with zero attached hydrogens (tertiary/aromatic N) is 2. The Kier molecular flexibility index (Phi) is 6.28. The fourth-order valence-corrected chi connectivity index (χ4v) is 2.12. The summed E-state index contributed by atoms with van der Waals surface area (Å²) in [6.07, 6.45) is 0. The molecular weight excluding hydrogens is 298 g/mol. The molecule has 0 aliphatic rings. The van der Waals surface area contributed by atoms with E-state index in [1.165, 1.54) is 5.56 Å². The van der Waals surface area contributed by atoms with E-state index in [9.17, 15) is 4.79 Å². The van der Waals surface area contributed by atoms with Crippen LogP contribution in [0.4, 0.5) is 0 Å². The summed E-state index contributed by atoms with van der Waals surface area (Å²) in [6, 6.07) is 10.9. The van der Waals surface area contributed by atoms with Gasteiger partial charge in [0.1, 0.15) is 0 Å². The number of nitrogens with one attached hydrogen (secondary N) is 1. The molecule has 0 spiro atoms. The van der Waals surface area contributed by atoms with Crippen molar-refractivity contribution in [2.24, 2.45) is 0 Å². The number of carbonyl (C=O) groups is 1. The second kappa shape index (κ2) is 8.42. The lowest BCUT2D eigenvalue weighted by Crippen LogP contribution is -2.40. The first-order chi connectivity index (χ1) is 11.1. The van der Waals surface area contributed by atoms with Gasteiger partial charge in [-0.25, -0.2) is 0 Å². The molecule has 0 radical (unpaired) electrons. The molecule has 1 aromatic carbocycles. The van der Waals surface area contributed by atoms with Crippen molar-refractivity contribution >= 4 is 5.91 Å². The molecule has 0 saturated carbocycles. The standard InChI is InChI=1S/C16H21N3O4/c1-19(8-12-5-3-2-4-6-12)9-14-7-15(18-23-14)16(22)17-13(10-20)11-21/h2-7,13,20-21H,8-11H2,1H3,(H,17,22). The third-order valence-corrected chi connectivity index (χ3v) is 3.29. The first-order valence-corrected chi connectivity index (χ1v) is 7.33. The first kappa shape index (κ1) is 17.1. The van der Waals surface area contributed by atoms with Gasteiger partial charge in [0, 0.05) is 12.6 Å². The van der Waals surface area contributed by atoms with Crippen LogP contribution in [0.3, 0.4) is 0 Å². The van der Waals surface area contributed by atoms with E-state index in [0.29, 0.717) is 12.3 Å². The summed E-state index contributed by atoms with van der Waals surface area (Å²) >= 11 is 0. The lowest BCUT2D eigenvalue weighted by molar-refractivity contribution is 0.0870. The van der Waals surface area contributed by atoms with Crippen LogP contribution >= 0.6 is 0 Å². The summed E-state index contributed by atoms with van der Waals surface area (Å²) in [5.41, 5.74) is 1.31. The number of benzene rings is 1. The molecular formula is C16H21N3O4. The number of amides is 1. The smallest absolute Gasteiger partial charge is 0.273 e. The number of aliphatic hydroxyl groups is 2. The molecule has 0 saturated heterocycles. The highest BCUT2D eigenvalue weighted by molar-refractivity contribution is 5.92. The molecule has 0 aliphatic heterocycles. The van der Waals surface area contributed by atoms with Gasteiger partial charge in [-0.3, -0.25) is 9.69 Å². The minimum absolute atomic E-state index is 0.125. The third kappa shape index (κ3) is 5.17. The van der Waals surface area contributed by atoms with E-state index < -0.39 is 11.9 Å². The molecule has 0 aliphatic carbocycles. The molecule has 1 amide bonds. The van der Waals surface area contributed by atoms with Gasteiger partial charge in [-0.15, -0.1) is 0 Å². The molecule has 2 aromatic rings. The number of hydrogen-bond acceptors (Lipinski definition) is 6. The number of aliphatic hydroxyl groups excluding tert-OH is 2. The van der Waals surface area contributed by atoms with E-state index in [1.807, 2.05) is 42.3 Å². The Labute approximate surface area is 134 Å². The molecule has 0 atom stereocenters. The van der Waals surface area contributed by atoms with E-state index in [-0.39, 0.29) is 18.9 Å². The monoisotopic (exact) mass is 319 g/mol. The maximum absolute atomic E-state index is 11.9. The van der Waals surface area contributed by atoms with Crippen LogP contribution in [0.15, 0.2) is 40.9 Å². The highest BCUT2D eigenvalue weighted by atomic mass is 16.5. The Bertz CT molecular complexity index is 611. The van der Waals surface area contributed by atoms with Crippen molar-refractivity contribution in [2.45, 2.75) is 19.1 Å². The van der Waals surface area contributed by atoms with E-state index in [1.54, 1.807) is 6.07 Å². The number of aromatic nitrogens is 1. The lowest BCUT2D eigenvalue weighted by Gasteiger charge is -2.14. The minimum atomic E-state index is -0.705. The second-order valence-electron chi connectivity index (χ2n) is 5.37. The molecule has 3 N–H and O–H groups in total. The van der Waals surface area contributed by atoms with Crippen molar-refractivity contribution in [1.82, 2.24) is 15.4 Å². The van der Waals surface area contributed by atoms with Crippen LogP contribution in [0.25, 0.3) is 0 Å². The highest BCUT2D eigenvalue weighted by Gasteiger charge is 2.17. The topological polar surface area (TPSA) is 98.8 Å². The van der Waals surface area contributed by atoms with Crippen LogP contribution in [0.2, 0.25) is 0 Å². The van der Waals surface area contributed by atoms with Crippen LogP contribution in [-0.2, 0) is 13.1 Å². The predicted molar refractivity (Wildman–Crippen MR) is 83.5 cm³/mol. The second-order valence-corrected chi connectivity index (χ2v) is 5.37. The average Bonchev–Trinajstić information content (AvgIpc) is 3.01. The minimum Gasteiger partial charge on any atom is -0.394 e. The van der Waals surface area contributed by atoms with Gasteiger partial charge in [-0.05, 0) is 12.6 Å². The van der Waals surface area contributed by atoms with Gasteiger partial charge >= 0.3 is 0 Å². The van der Waals surface area contributed by atoms with Crippen molar-refractivity contribution in [3.8, 4) is 0 Å². The molecule has 0 fully saturated rings. The van der Waals surface area contributed by atoms with Crippen LogP contribution in [0.5, 0.6) is 0 Å². The summed E-state index contributed by atoms with van der Waals surface area (Å²) in [5.74, 6) is 0.0805. The fourth-order valence-electron chi connectivity index (χ4n) is 2.12. The maximum atomic E-state index is 11.9. The van der Waals surface area contributed by atoms with E-state index in [4.69, 9.17) is 14.7 Å². The quantitative estimate of drug-likeness (QED) is 0.651. The molecule has 7 heteroatoms. The van der Waals surface area contributed by atoms with E-state index in [0.717, 1.165) is 6.54 Å². The van der Waals surface area contributed by atoms with Gasteiger partial charge in [-0.2, -0.15) is 0 Å². The lowest BCUT2D eigenvalue weighted by atomic mass is 10.2. The number of hydrogen-bond donors (Lipinski definition) is 3. The van der Waals surface area contributed by atoms with Crippen molar-refractivity contribution < 1.29 is 19.5 Å². The Hall–Kier alpha value is -2.22. The molecule has 7 nitrogen and oxygen atoms in total. The van der Waals surface area contributed by atoms with Crippen molar-refractivity contribution in [3.63, 3.8) is 0 Å². The summed E-state index contributed by atoms with van der Waals surface area (Å²) < 4.78 is 5.17. The van der Waals surface area contributed by atoms with Crippen molar-refractivity contribution in [1.29, 1.82) is 0 Å². The molecule has 0 bridgehead atoms. The number of carbonyl (C=O) groups excluding carboxylic acids is 1. The fraction of sp³-hybridized carbons (Fsp3) is 0.375. The van der Waals surface area contributed by atoms with Crippen molar-refractivity contribution in [3.05, 3.63) is 53.4 Å². The van der Waals surface area contributed by atoms with E-state index >= 15 is 0 Å². The molecule has 2 rings (SSSR count). The van der Waals surface area contributed by atoms with Gasteiger partial charge in [0.25, 0.3) is 5.91 Å². The van der Waals surface area contributed by atoms with Crippen LogP contribution < -0.4 is 5.32 Å². The zero-order chi connectivity index (χ0) is 16.7. The van der Waals surface area contributed by atoms with Crippen LogP contribution in [-0.4, -0.2) is 52.5 Å². The Morgan fingerprint density at radius 3 is 2.61 bits per heavy atom. The summed E-state index contributed by atoms with van der Waals surface area (Å²) in [6.45, 7) is 0.582. The molecule has 124 valence electrons. The SMILES string of the molecule is CN(Cc1ccccc1)Cc1cc(C(=O)NC(CO)CO)no1. The maximum Gasteiger partial charge on any atom is 0.273 e. The third-order valence-electron chi connectivity index (χ3n) is 3.29. The normalized spacial score (nSPS) is 11.2. The van der Waals surface area contributed by atoms with E-state index in [2.05, 4.69) is 10.5 Å². The molecule has 23 heavy (non-hydrogen) atoms. The highest BCUT2D eigenvalue weighted by Crippen LogP contribution is 2.10. The summed E-state index contributed by atoms with van der Waals surface area (Å²) in [7, 11) is 1.95. The Morgan fingerprint density at radius 1 is 1.26 bits per heavy atom. The van der Waals surface area contributed by atoms with Gasteiger partial charge in [0.15, 0.2) is 11.5 Å². The number of rotatable bonds is 8. The Balaban J connectivity index is 1.90. The molecule has 1 aromatic heterocycles. The predicted octanol–water partition coefficient (Wildman–Crippen LogP) is 0.390. The van der Waals surface area contributed by atoms with Crippen LogP contribution in [0.1, 0.15) is 21.8 Å².